The standard InChI is InChI=1S/C11H15NO4/c1-8(13)11(6-3-7-12-11)9(14)4-2-5-10(15)16/h3,6-7,9,14H,2,4-5H2,1H3,(H,15,16). The Labute approximate surface area is 93.5 Å². The van der Waals surface area contributed by atoms with Crippen molar-refractivity contribution in [2.24, 2.45) is 4.99 Å². The van der Waals surface area contributed by atoms with E-state index in [0.29, 0.717) is 6.42 Å². The first-order valence-corrected chi connectivity index (χ1v) is 5.13. The Morgan fingerprint density at radius 3 is 2.62 bits per heavy atom. The summed E-state index contributed by atoms with van der Waals surface area (Å²) in [5.74, 6) is -1.14. The number of nitrogens with zero attached hydrogens (tertiary/aromatic N) is 1. The van der Waals surface area contributed by atoms with Gasteiger partial charge >= 0.3 is 5.97 Å². The van der Waals surface area contributed by atoms with E-state index in [4.69, 9.17) is 5.11 Å². The maximum atomic E-state index is 11.5. The van der Waals surface area contributed by atoms with Gasteiger partial charge in [-0.1, -0.05) is 0 Å². The van der Waals surface area contributed by atoms with Crippen molar-refractivity contribution >= 4 is 18.0 Å². The molecule has 0 bridgehead atoms. The van der Waals surface area contributed by atoms with E-state index in [1.165, 1.54) is 13.1 Å². The van der Waals surface area contributed by atoms with E-state index in [2.05, 4.69) is 4.99 Å². The molecule has 1 rings (SSSR count). The number of carbonyl (C=O) groups excluding carboxylic acids is 1. The number of ketones is 1. The second kappa shape index (κ2) is 5.03. The first kappa shape index (κ1) is 12.6. The molecule has 2 N–H and O–H groups in total. The van der Waals surface area contributed by atoms with Crippen LogP contribution in [0.1, 0.15) is 26.2 Å². The number of carboxylic acids is 1. The quantitative estimate of drug-likeness (QED) is 0.691. The molecular formula is C11H15NO4. The lowest BCUT2D eigenvalue weighted by atomic mass is 9.86. The van der Waals surface area contributed by atoms with E-state index in [1.54, 1.807) is 12.2 Å². The summed E-state index contributed by atoms with van der Waals surface area (Å²) in [6.45, 7) is 1.37. The van der Waals surface area contributed by atoms with Crippen LogP contribution in [0.3, 0.4) is 0 Å². The zero-order valence-corrected chi connectivity index (χ0v) is 9.09. The SMILES string of the molecule is CC(=O)C1(C(O)CCCC(=O)O)C=CC=N1. The highest BCUT2D eigenvalue weighted by Gasteiger charge is 2.40. The van der Waals surface area contributed by atoms with Gasteiger partial charge in [0.2, 0.25) is 0 Å². The molecule has 0 aromatic heterocycles. The molecule has 0 spiro atoms. The largest absolute Gasteiger partial charge is 0.481 e. The molecule has 0 fully saturated rings. The topological polar surface area (TPSA) is 87.0 Å². The highest BCUT2D eigenvalue weighted by Crippen LogP contribution is 2.26. The van der Waals surface area contributed by atoms with Crippen molar-refractivity contribution in [1.82, 2.24) is 0 Å². The Hall–Kier alpha value is -1.49. The van der Waals surface area contributed by atoms with Crippen LogP contribution in [0, 0.1) is 0 Å². The molecule has 2 unspecified atom stereocenters. The highest BCUT2D eigenvalue weighted by molar-refractivity contribution is 5.95. The van der Waals surface area contributed by atoms with Gasteiger partial charge < -0.3 is 10.2 Å². The molecule has 0 aromatic carbocycles. The van der Waals surface area contributed by atoms with E-state index in [1.807, 2.05) is 0 Å². The number of carboxylic acid groups (broad SMARTS) is 1. The van der Waals surface area contributed by atoms with Gasteiger partial charge in [-0.15, -0.1) is 0 Å². The molecule has 0 aliphatic carbocycles. The minimum absolute atomic E-state index is 0.0154. The summed E-state index contributed by atoms with van der Waals surface area (Å²) >= 11 is 0. The van der Waals surface area contributed by atoms with Crippen molar-refractivity contribution in [3.63, 3.8) is 0 Å². The first-order chi connectivity index (χ1) is 7.49. The molecule has 5 heteroatoms. The van der Waals surface area contributed by atoms with E-state index in [-0.39, 0.29) is 18.6 Å². The van der Waals surface area contributed by atoms with Crippen molar-refractivity contribution in [3.05, 3.63) is 12.2 Å². The summed E-state index contributed by atoms with van der Waals surface area (Å²) < 4.78 is 0. The van der Waals surface area contributed by atoms with Gasteiger partial charge in [-0.2, -0.15) is 0 Å². The lowest BCUT2D eigenvalue weighted by Gasteiger charge is -2.26. The monoisotopic (exact) mass is 225 g/mol. The van der Waals surface area contributed by atoms with E-state index in [9.17, 15) is 14.7 Å². The smallest absolute Gasteiger partial charge is 0.303 e. The van der Waals surface area contributed by atoms with Gasteiger partial charge in [-0.05, 0) is 31.9 Å². The maximum Gasteiger partial charge on any atom is 0.303 e. The minimum Gasteiger partial charge on any atom is -0.481 e. The number of carbonyl (C=O) groups is 2. The van der Waals surface area contributed by atoms with Crippen LogP contribution >= 0.6 is 0 Å². The zero-order chi connectivity index (χ0) is 12.2. The number of rotatable bonds is 6. The summed E-state index contributed by atoms with van der Waals surface area (Å²) in [5, 5.41) is 18.4. The number of hydrogen-bond donors (Lipinski definition) is 2. The van der Waals surface area contributed by atoms with Gasteiger partial charge in [-0.3, -0.25) is 14.6 Å². The summed E-state index contributed by atoms with van der Waals surface area (Å²) in [6.07, 6.45) is 4.24. The first-order valence-electron chi connectivity index (χ1n) is 5.13. The molecule has 2 atom stereocenters. The van der Waals surface area contributed by atoms with Crippen LogP contribution in [0.15, 0.2) is 17.1 Å². The average Bonchev–Trinajstić information content (AvgIpc) is 2.66. The lowest BCUT2D eigenvalue weighted by molar-refractivity contribution is -0.137. The molecule has 0 saturated carbocycles. The molecule has 0 aromatic rings. The molecule has 1 aliphatic rings. The Morgan fingerprint density at radius 1 is 1.50 bits per heavy atom. The summed E-state index contributed by atoms with van der Waals surface area (Å²) in [4.78, 5) is 25.8. The highest BCUT2D eigenvalue weighted by atomic mass is 16.4. The number of allylic oxidation sites excluding steroid dienone is 1. The van der Waals surface area contributed by atoms with Crippen LogP contribution in [0.25, 0.3) is 0 Å². The predicted molar refractivity (Wildman–Crippen MR) is 58.5 cm³/mol. The van der Waals surface area contributed by atoms with Gasteiger partial charge in [0.1, 0.15) is 0 Å². The fraction of sp³-hybridized carbons (Fsp3) is 0.545. The van der Waals surface area contributed by atoms with Gasteiger partial charge in [0.05, 0.1) is 6.10 Å². The van der Waals surface area contributed by atoms with Crippen LogP contribution in [-0.2, 0) is 9.59 Å². The average molecular weight is 225 g/mol. The van der Waals surface area contributed by atoms with Crippen molar-refractivity contribution in [2.45, 2.75) is 37.8 Å². The zero-order valence-electron chi connectivity index (χ0n) is 9.09. The number of aliphatic imine (C=N–C) groups is 1. The molecule has 88 valence electrons. The molecule has 1 aliphatic heterocycles. The summed E-state index contributed by atoms with van der Waals surface area (Å²) in [6, 6.07) is 0. The third kappa shape index (κ3) is 2.55. The second-order valence-electron chi connectivity index (χ2n) is 3.82. The number of aliphatic carboxylic acids is 1. The molecule has 16 heavy (non-hydrogen) atoms. The minimum atomic E-state index is -1.20. The van der Waals surface area contributed by atoms with Gasteiger partial charge in [0.25, 0.3) is 0 Å². The summed E-state index contributed by atoms with van der Waals surface area (Å²) in [7, 11) is 0. The molecule has 0 saturated heterocycles. The molecular weight excluding hydrogens is 210 g/mol. The molecule has 0 radical (unpaired) electrons. The van der Waals surface area contributed by atoms with Crippen molar-refractivity contribution in [2.75, 3.05) is 0 Å². The van der Waals surface area contributed by atoms with Crippen LogP contribution in [-0.4, -0.2) is 39.8 Å². The lowest BCUT2D eigenvalue weighted by Crippen LogP contribution is -2.44. The predicted octanol–water partition coefficient (Wildman–Crippen LogP) is 0.571. The third-order valence-corrected chi connectivity index (χ3v) is 2.66. The Morgan fingerprint density at radius 2 is 2.19 bits per heavy atom. The fourth-order valence-electron chi connectivity index (χ4n) is 1.71. The Bertz CT molecular complexity index is 334. The number of aliphatic hydroxyl groups excluding tert-OH is 1. The number of hydrogen-bond acceptors (Lipinski definition) is 4. The van der Waals surface area contributed by atoms with Gasteiger partial charge in [0, 0.05) is 12.6 Å². The molecule has 0 amide bonds. The third-order valence-electron chi connectivity index (χ3n) is 2.66. The van der Waals surface area contributed by atoms with Gasteiger partial charge in [-0.25, -0.2) is 0 Å². The number of Topliss-reactive ketones (excluding diaryl/α,β-unsaturated/α-hetero) is 1. The second-order valence-corrected chi connectivity index (χ2v) is 3.82. The number of aliphatic hydroxyl groups is 1. The van der Waals surface area contributed by atoms with Gasteiger partial charge in [0.15, 0.2) is 11.3 Å². The van der Waals surface area contributed by atoms with Crippen LogP contribution in [0.4, 0.5) is 0 Å². The van der Waals surface area contributed by atoms with E-state index in [0.717, 1.165) is 0 Å². The molecule has 5 nitrogen and oxygen atoms in total. The van der Waals surface area contributed by atoms with Crippen molar-refractivity contribution in [1.29, 1.82) is 0 Å². The Balaban J connectivity index is 2.60. The Kier molecular flexibility index (Phi) is 3.95. The van der Waals surface area contributed by atoms with Crippen LogP contribution in [0.2, 0.25) is 0 Å². The van der Waals surface area contributed by atoms with Crippen LogP contribution < -0.4 is 0 Å². The maximum absolute atomic E-state index is 11.5. The normalized spacial score (nSPS) is 24.6. The summed E-state index contributed by atoms with van der Waals surface area (Å²) in [5.41, 5.74) is -1.20. The van der Waals surface area contributed by atoms with Crippen molar-refractivity contribution in [3.8, 4) is 0 Å². The molecule has 1 heterocycles. The fourth-order valence-corrected chi connectivity index (χ4v) is 1.71. The van der Waals surface area contributed by atoms with E-state index < -0.39 is 17.6 Å². The van der Waals surface area contributed by atoms with E-state index >= 15 is 0 Å². The van der Waals surface area contributed by atoms with Crippen LogP contribution in [0.5, 0.6) is 0 Å². The van der Waals surface area contributed by atoms with Crippen molar-refractivity contribution < 1.29 is 19.8 Å².